The van der Waals surface area contributed by atoms with Crippen LogP contribution in [0.4, 0.5) is 4.39 Å². The van der Waals surface area contributed by atoms with E-state index >= 15 is 4.39 Å². The van der Waals surface area contributed by atoms with Crippen molar-refractivity contribution in [1.82, 2.24) is 14.3 Å². The highest BCUT2D eigenvalue weighted by molar-refractivity contribution is 6.34. The van der Waals surface area contributed by atoms with Crippen LogP contribution in [0, 0.1) is 11.2 Å². The van der Waals surface area contributed by atoms with E-state index in [4.69, 9.17) is 21.1 Å². The number of aromatic carboxylic acids is 1. The van der Waals surface area contributed by atoms with Crippen LogP contribution in [-0.4, -0.2) is 44.7 Å². The topological polar surface area (TPSA) is 95.6 Å². The summed E-state index contributed by atoms with van der Waals surface area (Å²) in [6, 6.07) is -0.361. The van der Waals surface area contributed by atoms with E-state index in [0.29, 0.717) is 32.6 Å². The Balaban J connectivity index is 1.89. The minimum atomic E-state index is -1.48. The van der Waals surface area contributed by atoms with Crippen LogP contribution in [0.2, 0.25) is 5.02 Å². The molecule has 0 radical (unpaired) electrons. The molecule has 1 N–H and O–H groups in total. The zero-order valence-corrected chi connectivity index (χ0v) is 17.7. The number of hydrogen-bond acceptors (Lipinski definition) is 5. The molecule has 8 nitrogen and oxygen atoms in total. The zero-order valence-electron chi connectivity index (χ0n) is 16.9. The van der Waals surface area contributed by atoms with E-state index in [1.54, 1.807) is 4.68 Å². The minimum absolute atomic E-state index is 0.0736. The van der Waals surface area contributed by atoms with Crippen LogP contribution in [0.1, 0.15) is 50.0 Å². The Morgan fingerprint density at radius 3 is 2.60 bits per heavy atom. The van der Waals surface area contributed by atoms with Gasteiger partial charge in [-0.25, -0.2) is 9.18 Å². The first kappa shape index (κ1) is 20.9. The van der Waals surface area contributed by atoms with Crippen LogP contribution in [0.5, 0.6) is 5.88 Å². The highest BCUT2D eigenvalue weighted by atomic mass is 35.5. The van der Waals surface area contributed by atoms with E-state index < -0.39 is 22.8 Å². The molecule has 162 valence electrons. The maximum absolute atomic E-state index is 15.2. The van der Waals surface area contributed by atoms with Crippen LogP contribution < -0.4 is 10.2 Å². The molecule has 0 saturated carbocycles. The number of carboxylic acid groups (broad SMARTS) is 1. The molecule has 2 aromatic heterocycles. The lowest BCUT2D eigenvalue weighted by atomic mass is 9.85. The average Bonchev–Trinajstić information content (AvgIpc) is 2.99. The molecule has 1 atom stereocenters. The lowest BCUT2D eigenvalue weighted by molar-refractivity contribution is 0.0234. The third kappa shape index (κ3) is 3.39. The first-order chi connectivity index (χ1) is 14.1. The summed E-state index contributed by atoms with van der Waals surface area (Å²) in [7, 11) is 0. The number of rotatable bonds is 3. The molecular weight excluding hydrogens is 417 g/mol. The lowest BCUT2D eigenvalue weighted by Crippen LogP contribution is -2.36. The highest BCUT2D eigenvalue weighted by Crippen LogP contribution is 2.45. The second-order valence-corrected chi connectivity index (χ2v) is 9.09. The molecule has 30 heavy (non-hydrogen) atoms. The summed E-state index contributed by atoms with van der Waals surface area (Å²) >= 11 is 6.54. The average molecular weight is 440 g/mol. The Hall–Kier alpha value is -2.39. The van der Waals surface area contributed by atoms with Crippen LogP contribution >= 0.6 is 11.6 Å². The summed E-state index contributed by atoms with van der Waals surface area (Å²) in [5.74, 6) is -2.46. The van der Waals surface area contributed by atoms with E-state index in [0.717, 1.165) is 0 Å². The summed E-state index contributed by atoms with van der Waals surface area (Å²) in [5, 5.41) is 13.9. The van der Waals surface area contributed by atoms with Crippen molar-refractivity contribution in [3.8, 4) is 17.3 Å². The molecule has 1 fully saturated rings. The zero-order chi connectivity index (χ0) is 21.8. The van der Waals surface area contributed by atoms with Gasteiger partial charge >= 0.3 is 5.97 Å². The van der Waals surface area contributed by atoms with Crippen LogP contribution in [0.25, 0.3) is 11.4 Å². The van der Waals surface area contributed by atoms with Gasteiger partial charge in [0.1, 0.15) is 28.1 Å². The maximum Gasteiger partial charge on any atom is 0.341 e. The van der Waals surface area contributed by atoms with Gasteiger partial charge in [0.25, 0.3) is 5.88 Å². The number of hydrogen-bond donors (Lipinski definition) is 1. The summed E-state index contributed by atoms with van der Waals surface area (Å²) < 4.78 is 29.6. The third-order valence-electron chi connectivity index (χ3n) is 5.63. The second-order valence-electron chi connectivity index (χ2n) is 8.71. The SMILES string of the molecule is CC(C)(C)[C@@H]1Cn2nc(OC3CCOCC3)c(Cl)c2-c2c(F)c(=O)c(C(=O)O)cn21. The van der Waals surface area contributed by atoms with E-state index in [2.05, 4.69) is 5.10 Å². The Labute approximate surface area is 177 Å². The Kier molecular flexibility index (Phi) is 5.14. The molecule has 0 bridgehead atoms. The standard InChI is InChI=1S/C20H23ClFN3O5/c1-20(2,3)12-9-25-15(13(21)18(23-25)30-10-4-6-29-7-5-10)16-14(22)17(26)11(19(27)28)8-24(12)16/h8,10,12H,4-7,9H2,1-3H3,(H,27,28)/t12-/m0/s1. The highest BCUT2D eigenvalue weighted by Gasteiger charge is 2.39. The lowest BCUT2D eigenvalue weighted by Gasteiger charge is -2.38. The van der Waals surface area contributed by atoms with Gasteiger partial charge in [0.2, 0.25) is 5.43 Å². The van der Waals surface area contributed by atoms with Gasteiger partial charge in [-0.2, -0.15) is 0 Å². The third-order valence-corrected chi connectivity index (χ3v) is 5.97. The first-order valence-corrected chi connectivity index (χ1v) is 10.2. The van der Waals surface area contributed by atoms with Crippen molar-refractivity contribution in [1.29, 1.82) is 0 Å². The number of ether oxygens (including phenoxy) is 2. The minimum Gasteiger partial charge on any atom is -0.477 e. The van der Waals surface area contributed by atoms with Crippen molar-refractivity contribution in [2.75, 3.05) is 13.2 Å². The Morgan fingerprint density at radius 2 is 2.00 bits per heavy atom. The predicted molar refractivity (Wildman–Crippen MR) is 107 cm³/mol. The molecule has 0 aliphatic carbocycles. The van der Waals surface area contributed by atoms with Crippen molar-refractivity contribution >= 4 is 17.6 Å². The summed E-state index contributed by atoms with van der Waals surface area (Å²) in [4.78, 5) is 23.9. The largest absolute Gasteiger partial charge is 0.477 e. The smallest absolute Gasteiger partial charge is 0.341 e. The van der Waals surface area contributed by atoms with Crippen molar-refractivity contribution in [2.45, 2.75) is 52.3 Å². The quantitative estimate of drug-likeness (QED) is 0.787. The fourth-order valence-corrected chi connectivity index (χ4v) is 4.24. The molecule has 1 saturated heterocycles. The van der Waals surface area contributed by atoms with Gasteiger partial charge in [-0.05, 0) is 5.41 Å². The van der Waals surface area contributed by atoms with Crippen LogP contribution in [0.15, 0.2) is 11.0 Å². The van der Waals surface area contributed by atoms with E-state index in [1.165, 1.54) is 10.8 Å². The molecule has 2 aliphatic rings. The van der Waals surface area contributed by atoms with Gasteiger partial charge in [-0.3, -0.25) is 9.48 Å². The second kappa shape index (κ2) is 7.39. The number of halogens is 2. The normalized spacial score (nSPS) is 19.3. The van der Waals surface area contributed by atoms with Gasteiger partial charge in [0.05, 0.1) is 25.8 Å². The summed E-state index contributed by atoms with van der Waals surface area (Å²) in [5.41, 5.74) is -2.04. The number of carbonyl (C=O) groups is 1. The van der Waals surface area contributed by atoms with E-state index in [1.807, 2.05) is 20.8 Å². The Bertz CT molecular complexity index is 1070. The molecule has 0 amide bonds. The number of pyridine rings is 1. The van der Waals surface area contributed by atoms with Crippen molar-refractivity contribution in [3.05, 3.63) is 32.8 Å². The molecule has 0 spiro atoms. The van der Waals surface area contributed by atoms with Crippen LogP contribution in [0.3, 0.4) is 0 Å². The Morgan fingerprint density at radius 1 is 1.33 bits per heavy atom. The monoisotopic (exact) mass is 439 g/mol. The number of aromatic nitrogens is 3. The van der Waals surface area contributed by atoms with Crippen molar-refractivity contribution < 1.29 is 23.8 Å². The summed E-state index contributed by atoms with van der Waals surface area (Å²) in [6.45, 7) is 7.33. The molecule has 0 aromatic carbocycles. The first-order valence-electron chi connectivity index (χ1n) is 9.78. The number of fused-ring (bicyclic) bond motifs is 3. The maximum atomic E-state index is 15.2. The van der Waals surface area contributed by atoms with Crippen molar-refractivity contribution in [3.63, 3.8) is 0 Å². The van der Waals surface area contributed by atoms with Gasteiger partial charge in [-0.15, -0.1) is 5.10 Å². The molecular formula is C20H23ClFN3O5. The molecule has 2 aliphatic heterocycles. The summed E-state index contributed by atoms with van der Waals surface area (Å²) in [6.07, 6.45) is 2.46. The van der Waals surface area contributed by atoms with Gasteiger partial charge in [0.15, 0.2) is 5.82 Å². The fraction of sp³-hybridized carbons (Fsp3) is 0.550. The van der Waals surface area contributed by atoms with Crippen molar-refractivity contribution in [2.24, 2.45) is 5.41 Å². The molecule has 2 aromatic rings. The molecule has 10 heteroatoms. The van der Waals surface area contributed by atoms with E-state index in [9.17, 15) is 14.7 Å². The van der Waals surface area contributed by atoms with Gasteiger partial charge in [0, 0.05) is 19.0 Å². The molecule has 4 heterocycles. The number of nitrogens with zero attached hydrogens (tertiary/aromatic N) is 3. The van der Waals surface area contributed by atoms with Gasteiger partial charge < -0.3 is 19.1 Å². The number of carboxylic acids is 1. The van der Waals surface area contributed by atoms with Crippen LogP contribution in [-0.2, 0) is 11.3 Å². The van der Waals surface area contributed by atoms with Gasteiger partial charge in [-0.1, -0.05) is 32.4 Å². The predicted octanol–water partition coefficient (Wildman–Crippen LogP) is 3.36. The molecule has 0 unspecified atom stereocenters. The fourth-order valence-electron chi connectivity index (χ4n) is 3.97. The van der Waals surface area contributed by atoms with E-state index in [-0.39, 0.29) is 39.9 Å². The molecule has 4 rings (SSSR count).